The minimum Gasteiger partial charge on any atom is -0.481 e. The molecule has 1 aromatic rings. The van der Waals surface area contributed by atoms with Crippen molar-refractivity contribution in [3.8, 4) is 5.75 Å². The number of benzene rings is 1. The Balaban J connectivity index is 2.75. The highest BCUT2D eigenvalue weighted by Gasteiger charge is 2.19. The van der Waals surface area contributed by atoms with E-state index in [0.29, 0.717) is 12.0 Å². The lowest BCUT2D eigenvalue weighted by Gasteiger charge is -2.17. The Labute approximate surface area is 135 Å². The molecule has 6 heteroatoms. The molecule has 0 saturated heterocycles. The molecule has 0 saturated carbocycles. The minimum atomic E-state index is -2.89. The third-order valence-electron chi connectivity index (χ3n) is 3.70. The van der Waals surface area contributed by atoms with Crippen LogP contribution in [0.2, 0.25) is 0 Å². The molecule has 0 heterocycles. The van der Waals surface area contributed by atoms with E-state index in [1.807, 2.05) is 27.7 Å². The number of alkyl halides is 2. The van der Waals surface area contributed by atoms with Crippen LogP contribution in [0.3, 0.4) is 0 Å². The maximum Gasteiger partial charge on any atom is 0.387 e. The molecule has 0 fully saturated rings. The number of hydrogen-bond donors (Lipinski definition) is 2. The van der Waals surface area contributed by atoms with Crippen molar-refractivity contribution in [3.63, 3.8) is 0 Å². The van der Waals surface area contributed by atoms with E-state index in [1.54, 1.807) is 12.1 Å². The van der Waals surface area contributed by atoms with Crippen LogP contribution in [-0.4, -0.2) is 24.2 Å². The number of ether oxygens (including phenoxy) is 1. The molecule has 0 bridgehead atoms. The Hall–Kier alpha value is -1.69. The van der Waals surface area contributed by atoms with Crippen LogP contribution in [0, 0.1) is 25.7 Å². The van der Waals surface area contributed by atoms with Crippen LogP contribution in [0.1, 0.15) is 37.0 Å². The van der Waals surface area contributed by atoms with Gasteiger partial charge in [-0.2, -0.15) is 8.78 Å². The molecule has 0 aliphatic carbocycles. The maximum atomic E-state index is 12.5. The van der Waals surface area contributed by atoms with Crippen LogP contribution >= 0.6 is 0 Å². The van der Waals surface area contributed by atoms with Crippen molar-refractivity contribution in [2.45, 2.75) is 47.3 Å². The van der Waals surface area contributed by atoms with Crippen LogP contribution in [0.15, 0.2) is 12.1 Å². The van der Waals surface area contributed by atoms with E-state index >= 15 is 0 Å². The Morgan fingerprint density at radius 3 is 2.39 bits per heavy atom. The molecule has 4 nitrogen and oxygen atoms in total. The molecule has 0 aliphatic heterocycles. The van der Waals surface area contributed by atoms with Crippen LogP contribution in [0.4, 0.5) is 8.78 Å². The van der Waals surface area contributed by atoms with Gasteiger partial charge in [0.2, 0.25) is 0 Å². The fourth-order valence-corrected chi connectivity index (χ4v) is 2.41. The van der Waals surface area contributed by atoms with Crippen molar-refractivity contribution < 1.29 is 23.4 Å². The molecule has 1 unspecified atom stereocenters. The molecule has 1 rings (SSSR count). The number of aliphatic carboxylic acids is 1. The number of aryl methyl sites for hydroxylation is 2. The second-order valence-corrected chi connectivity index (χ2v) is 6.22. The Morgan fingerprint density at radius 2 is 1.87 bits per heavy atom. The Kier molecular flexibility index (Phi) is 7.42. The van der Waals surface area contributed by atoms with Crippen molar-refractivity contribution in [3.05, 3.63) is 28.8 Å². The maximum absolute atomic E-state index is 12.5. The number of carboxylic acid groups (broad SMARTS) is 1. The molecule has 0 aromatic heterocycles. The topological polar surface area (TPSA) is 58.6 Å². The average molecular weight is 329 g/mol. The van der Waals surface area contributed by atoms with Gasteiger partial charge < -0.3 is 15.2 Å². The summed E-state index contributed by atoms with van der Waals surface area (Å²) in [5, 5.41) is 12.3. The predicted octanol–water partition coefficient (Wildman–Crippen LogP) is 3.74. The van der Waals surface area contributed by atoms with Gasteiger partial charge in [-0.1, -0.05) is 19.9 Å². The summed E-state index contributed by atoms with van der Waals surface area (Å²) in [4.78, 5) is 11.2. The first kappa shape index (κ1) is 19.4. The molecule has 1 atom stereocenters. The summed E-state index contributed by atoms with van der Waals surface area (Å²) in [6.07, 6.45) is 0.565. The zero-order chi connectivity index (χ0) is 17.6. The van der Waals surface area contributed by atoms with Gasteiger partial charge in [-0.05, 0) is 43.4 Å². The van der Waals surface area contributed by atoms with Gasteiger partial charge in [0.15, 0.2) is 0 Å². The number of hydrogen-bond acceptors (Lipinski definition) is 3. The summed E-state index contributed by atoms with van der Waals surface area (Å²) in [7, 11) is 0. The third-order valence-corrected chi connectivity index (χ3v) is 3.70. The molecule has 2 N–H and O–H groups in total. The van der Waals surface area contributed by atoms with Gasteiger partial charge >= 0.3 is 12.6 Å². The molecule has 0 aliphatic rings. The average Bonchev–Trinajstić information content (AvgIpc) is 2.41. The van der Waals surface area contributed by atoms with Crippen molar-refractivity contribution in [2.75, 3.05) is 6.54 Å². The zero-order valence-electron chi connectivity index (χ0n) is 14.0. The van der Waals surface area contributed by atoms with Crippen molar-refractivity contribution in [1.82, 2.24) is 5.32 Å². The van der Waals surface area contributed by atoms with Crippen LogP contribution in [0.5, 0.6) is 5.75 Å². The summed E-state index contributed by atoms with van der Waals surface area (Å²) in [6.45, 7) is 5.34. The monoisotopic (exact) mass is 329 g/mol. The third kappa shape index (κ3) is 6.52. The van der Waals surface area contributed by atoms with E-state index in [1.165, 1.54) is 0 Å². The summed E-state index contributed by atoms with van der Waals surface area (Å²) >= 11 is 0. The fraction of sp³-hybridized carbons (Fsp3) is 0.588. The highest BCUT2D eigenvalue weighted by atomic mass is 19.3. The summed E-state index contributed by atoms with van der Waals surface area (Å²) in [5.41, 5.74) is 2.44. The molecule has 130 valence electrons. The van der Waals surface area contributed by atoms with Gasteiger partial charge in [0.05, 0.1) is 5.92 Å². The Morgan fingerprint density at radius 1 is 1.26 bits per heavy atom. The molecule has 23 heavy (non-hydrogen) atoms. The molecule has 1 aromatic carbocycles. The lowest BCUT2D eigenvalue weighted by molar-refractivity contribution is -0.142. The van der Waals surface area contributed by atoms with Crippen molar-refractivity contribution in [2.24, 2.45) is 11.8 Å². The normalized spacial score (nSPS) is 12.7. The van der Waals surface area contributed by atoms with Crippen LogP contribution in [-0.2, 0) is 11.3 Å². The number of halogens is 2. The van der Waals surface area contributed by atoms with Crippen LogP contribution < -0.4 is 10.1 Å². The van der Waals surface area contributed by atoms with Crippen molar-refractivity contribution in [1.29, 1.82) is 0 Å². The van der Waals surface area contributed by atoms with Gasteiger partial charge in [-0.3, -0.25) is 4.79 Å². The van der Waals surface area contributed by atoms with Gasteiger partial charge in [-0.15, -0.1) is 0 Å². The molecule has 0 radical (unpaired) electrons. The highest BCUT2D eigenvalue weighted by Crippen LogP contribution is 2.25. The summed E-state index contributed by atoms with van der Waals surface area (Å²) < 4.78 is 29.6. The van der Waals surface area contributed by atoms with E-state index in [9.17, 15) is 18.7 Å². The van der Waals surface area contributed by atoms with Gasteiger partial charge in [0.1, 0.15) is 5.75 Å². The smallest absolute Gasteiger partial charge is 0.387 e. The first-order valence-corrected chi connectivity index (χ1v) is 7.69. The summed E-state index contributed by atoms with van der Waals surface area (Å²) in [5.74, 6) is -0.945. The SMILES string of the molecule is Cc1cc(CNCC(CC(C)C)C(=O)O)c(OC(F)F)cc1C. The first-order chi connectivity index (χ1) is 10.7. The second kappa shape index (κ2) is 8.82. The van der Waals surface area contributed by atoms with E-state index in [0.717, 1.165) is 11.1 Å². The lowest BCUT2D eigenvalue weighted by atomic mass is 9.97. The van der Waals surface area contributed by atoms with E-state index < -0.39 is 18.5 Å². The number of carboxylic acids is 1. The quantitative estimate of drug-likeness (QED) is 0.724. The summed E-state index contributed by atoms with van der Waals surface area (Å²) in [6, 6.07) is 3.37. The first-order valence-electron chi connectivity index (χ1n) is 7.69. The fourth-order valence-electron chi connectivity index (χ4n) is 2.41. The van der Waals surface area contributed by atoms with E-state index in [4.69, 9.17) is 0 Å². The standard InChI is InChI=1S/C17H25F2NO3/c1-10(2)5-14(16(21)22)9-20-8-13-6-11(3)12(4)7-15(13)23-17(18)19/h6-7,10,14,17,20H,5,8-9H2,1-4H3,(H,21,22). The molecular weight excluding hydrogens is 304 g/mol. The molecular formula is C17H25F2NO3. The zero-order valence-corrected chi connectivity index (χ0v) is 14.0. The second-order valence-electron chi connectivity index (χ2n) is 6.22. The molecule has 0 amide bonds. The molecule has 0 spiro atoms. The van der Waals surface area contributed by atoms with E-state index in [2.05, 4.69) is 10.1 Å². The van der Waals surface area contributed by atoms with Gasteiger partial charge in [0, 0.05) is 18.7 Å². The number of nitrogens with one attached hydrogen (secondary N) is 1. The van der Waals surface area contributed by atoms with Gasteiger partial charge in [0.25, 0.3) is 0 Å². The lowest BCUT2D eigenvalue weighted by Crippen LogP contribution is -2.29. The van der Waals surface area contributed by atoms with Crippen molar-refractivity contribution >= 4 is 5.97 Å². The Bertz CT molecular complexity index is 533. The van der Waals surface area contributed by atoms with E-state index in [-0.39, 0.29) is 24.8 Å². The minimum absolute atomic E-state index is 0.131. The van der Waals surface area contributed by atoms with Crippen LogP contribution in [0.25, 0.3) is 0 Å². The number of carbonyl (C=O) groups is 1. The van der Waals surface area contributed by atoms with Gasteiger partial charge in [-0.25, -0.2) is 0 Å². The largest absolute Gasteiger partial charge is 0.481 e. The highest BCUT2D eigenvalue weighted by molar-refractivity contribution is 5.70. The predicted molar refractivity (Wildman–Crippen MR) is 84.8 cm³/mol. The number of rotatable bonds is 9.